The molecule has 1 aromatic rings. The van der Waals surface area contributed by atoms with Crippen molar-refractivity contribution in [1.82, 2.24) is 25.6 Å². The molecule has 1 aliphatic rings. The zero-order chi connectivity index (χ0) is 15.1. The molecule has 118 valence electrons. The van der Waals surface area contributed by atoms with E-state index in [9.17, 15) is 4.79 Å². The van der Waals surface area contributed by atoms with Crippen molar-refractivity contribution >= 4 is 5.91 Å². The van der Waals surface area contributed by atoms with Gasteiger partial charge in [0.2, 0.25) is 0 Å². The van der Waals surface area contributed by atoms with Gasteiger partial charge in [-0.15, -0.1) is 5.10 Å². The number of rotatable bonds is 7. The van der Waals surface area contributed by atoms with E-state index < -0.39 is 0 Å². The van der Waals surface area contributed by atoms with E-state index in [1.807, 2.05) is 0 Å². The molecular formula is C13H23N5O3. The van der Waals surface area contributed by atoms with Crippen molar-refractivity contribution < 1.29 is 14.6 Å². The highest BCUT2D eigenvalue weighted by Gasteiger charge is 2.20. The lowest BCUT2D eigenvalue weighted by molar-refractivity contribution is 0.0873. The summed E-state index contributed by atoms with van der Waals surface area (Å²) in [6, 6.07) is 0.0732. The average molecular weight is 297 g/mol. The van der Waals surface area contributed by atoms with Gasteiger partial charge in [0.15, 0.2) is 5.69 Å². The smallest absolute Gasteiger partial charge is 0.273 e. The minimum absolute atomic E-state index is 0.00390. The molecule has 8 nitrogen and oxygen atoms in total. The fourth-order valence-corrected chi connectivity index (χ4v) is 2.44. The predicted molar refractivity (Wildman–Crippen MR) is 76.0 cm³/mol. The van der Waals surface area contributed by atoms with Crippen LogP contribution in [0.4, 0.5) is 0 Å². The number of aliphatic hydroxyl groups excluding tert-OH is 1. The van der Waals surface area contributed by atoms with Crippen LogP contribution in [0.5, 0.6) is 0 Å². The third kappa shape index (κ3) is 4.48. The number of carbonyl (C=O) groups is 1. The Morgan fingerprint density at radius 2 is 2.38 bits per heavy atom. The Bertz CT molecular complexity index is 439. The molecule has 8 heteroatoms. The van der Waals surface area contributed by atoms with Crippen LogP contribution in [-0.2, 0) is 4.74 Å². The summed E-state index contributed by atoms with van der Waals surface area (Å²) in [4.78, 5) is 12.1. The van der Waals surface area contributed by atoms with E-state index in [0.717, 1.165) is 25.9 Å². The summed E-state index contributed by atoms with van der Waals surface area (Å²) < 4.78 is 6.79. The Labute approximate surface area is 123 Å². The van der Waals surface area contributed by atoms with Crippen LogP contribution < -0.4 is 10.6 Å². The molecule has 0 aliphatic carbocycles. The van der Waals surface area contributed by atoms with Gasteiger partial charge in [-0.05, 0) is 32.4 Å². The first kappa shape index (κ1) is 15.9. The van der Waals surface area contributed by atoms with Crippen molar-refractivity contribution in [3.05, 3.63) is 11.9 Å². The first-order valence-electron chi connectivity index (χ1n) is 7.27. The first-order chi connectivity index (χ1) is 10.2. The van der Waals surface area contributed by atoms with E-state index in [4.69, 9.17) is 9.84 Å². The lowest BCUT2D eigenvalue weighted by Crippen LogP contribution is -2.38. The molecule has 2 rings (SSSR count). The number of aliphatic hydroxyl groups is 1. The van der Waals surface area contributed by atoms with E-state index in [1.165, 1.54) is 0 Å². The van der Waals surface area contributed by atoms with Crippen LogP contribution in [0.1, 0.15) is 35.8 Å². The van der Waals surface area contributed by atoms with Crippen LogP contribution in [0.2, 0.25) is 0 Å². The van der Waals surface area contributed by atoms with E-state index in [-0.39, 0.29) is 18.6 Å². The second-order valence-corrected chi connectivity index (χ2v) is 5.20. The summed E-state index contributed by atoms with van der Waals surface area (Å²) in [7, 11) is 1.56. The Hall–Kier alpha value is -1.51. The van der Waals surface area contributed by atoms with E-state index in [2.05, 4.69) is 20.9 Å². The topological polar surface area (TPSA) is 101 Å². The highest BCUT2D eigenvalue weighted by atomic mass is 16.5. The maximum atomic E-state index is 12.1. The second kappa shape index (κ2) is 8.06. The Morgan fingerprint density at radius 1 is 1.62 bits per heavy atom. The molecule has 1 aliphatic heterocycles. The summed E-state index contributed by atoms with van der Waals surface area (Å²) in [5.41, 5.74) is 0.299. The number of hydrogen-bond donors (Lipinski definition) is 3. The number of piperidine rings is 1. The summed E-state index contributed by atoms with van der Waals surface area (Å²) in [5, 5.41) is 23.1. The predicted octanol–water partition coefficient (Wildman–Crippen LogP) is -0.670. The zero-order valence-electron chi connectivity index (χ0n) is 12.3. The molecule has 1 amide bonds. The van der Waals surface area contributed by atoms with Gasteiger partial charge in [-0.2, -0.15) is 0 Å². The number of carbonyl (C=O) groups excluding carboxylic acids is 1. The Morgan fingerprint density at radius 3 is 3.05 bits per heavy atom. The van der Waals surface area contributed by atoms with Crippen LogP contribution in [-0.4, -0.2) is 65.5 Å². The third-order valence-electron chi connectivity index (χ3n) is 3.61. The standard InChI is InChI=1S/C13H23N5O3/c1-21-9-10(4-7-19)15-13(20)12-8-18(17-16-12)11-2-5-14-6-3-11/h8,10-11,14,19H,2-7,9H2,1H3,(H,15,20). The highest BCUT2D eigenvalue weighted by molar-refractivity contribution is 5.92. The summed E-state index contributed by atoms with van der Waals surface area (Å²) >= 11 is 0. The molecular weight excluding hydrogens is 274 g/mol. The Kier molecular flexibility index (Phi) is 6.09. The molecule has 21 heavy (non-hydrogen) atoms. The van der Waals surface area contributed by atoms with Crippen molar-refractivity contribution in [1.29, 1.82) is 0 Å². The largest absolute Gasteiger partial charge is 0.396 e. The molecule has 0 aromatic carbocycles. The SMILES string of the molecule is COCC(CCO)NC(=O)c1cn(C2CCNCC2)nn1. The average Bonchev–Trinajstić information content (AvgIpc) is 2.98. The number of methoxy groups -OCH3 is 1. The first-order valence-corrected chi connectivity index (χ1v) is 7.27. The quantitative estimate of drug-likeness (QED) is 0.617. The van der Waals surface area contributed by atoms with Gasteiger partial charge in [0.25, 0.3) is 5.91 Å². The Balaban J connectivity index is 1.94. The number of ether oxygens (including phenoxy) is 1. The minimum Gasteiger partial charge on any atom is -0.396 e. The fraction of sp³-hybridized carbons (Fsp3) is 0.769. The molecule has 1 aromatic heterocycles. The van der Waals surface area contributed by atoms with Crippen LogP contribution in [0.25, 0.3) is 0 Å². The van der Waals surface area contributed by atoms with Crippen LogP contribution >= 0.6 is 0 Å². The van der Waals surface area contributed by atoms with E-state index in [1.54, 1.807) is 18.0 Å². The van der Waals surface area contributed by atoms with Gasteiger partial charge in [0.1, 0.15) is 0 Å². The second-order valence-electron chi connectivity index (χ2n) is 5.20. The van der Waals surface area contributed by atoms with Crippen molar-refractivity contribution in [3.8, 4) is 0 Å². The van der Waals surface area contributed by atoms with Crippen molar-refractivity contribution in [2.75, 3.05) is 33.4 Å². The highest BCUT2D eigenvalue weighted by Crippen LogP contribution is 2.17. The molecule has 0 saturated carbocycles. The van der Waals surface area contributed by atoms with Gasteiger partial charge < -0.3 is 20.5 Å². The summed E-state index contributed by atoms with van der Waals surface area (Å²) in [6.45, 7) is 2.27. The maximum Gasteiger partial charge on any atom is 0.273 e. The lowest BCUT2D eigenvalue weighted by atomic mass is 10.1. The molecule has 1 atom stereocenters. The van der Waals surface area contributed by atoms with Crippen molar-refractivity contribution in [2.24, 2.45) is 0 Å². The van der Waals surface area contributed by atoms with E-state index in [0.29, 0.717) is 24.8 Å². The molecule has 0 bridgehead atoms. The maximum absolute atomic E-state index is 12.1. The van der Waals surface area contributed by atoms with Gasteiger partial charge in [-0.1, -0.05) is 5.21 Å². The summed E-state index contributed by atoms with van der Waals surface area (Å²) in [5.74, 6) is -0.286. The number of amides is 1. The van der Waals surface area contributed by atoms with Gasteiger partial charge >= 0.3 is 0 Å². The van der Waals surface area contributed by atoms with Gasteiger partial charge in [-0.25, -0.2) is 4.68 Å². The summed E-state index contributed by atoms with van der Waals surface area (Å²) in [6.07, 6.45) is 4.11. The molecule has 1 fully saturated rings. The number of nitrogens with zero attached hydrogens (tertiary/aromatic N) is 3. The van der Waals surface area contributed by atoms with Gasteiger partial charge in [0, 0.05) is 13.7 Å². The molecule has 1 unspecified atom stereocenters. The zero-order valence-corrected chi connectivity index (χ0v) is 12.3. The molecule has 0 radical (unpaired) electrons. The monoisotopic (exact) mass is 297 g/mol. The molecule has 2 heterocycles. The third-order valence-corrected chi connectivity index (χ3v) is 3.61. The van der Waals surface area contributed by atoms with Gasteiger partial charge in [-0.3, -0.25) is 4.79 Å². The van der Waals surface area contributed by atoms with Crippen LogP contribution in [0, 0.1) is 0 Å². The van der Waals surface area contributed by atoms with Crippen molar-refractivity contribution in [2.45, 2.75) is 31.3 Å². The fourth-order valence-electron chi connectivity index (χ4n) is 2.44. The van der Waals surface area contributed by atoms with Crippen molar-refractivity contribution in [3.63, 3.8) is 0 Å². The van der Waals surface area contributed by atoms with Gasteiger partial charge in [0.05, 0.1) is 24.9 Å². The minimum atomic E-state index is -0.286. The lowest BCUT2D eigenvalue weighted by Gasteiger charge is -2.22. The molecule has 0 spiro atoms. The number of aromatic nitrogens is 3. The number of hydrogen-bond acceptors (Lipinski definition) is 6. The van der Waals surface area contributed by atoms with Crippen LogP contribution in [0.3, 0.4) is 0 Å². The van der Waals surface area contributed by atoms with Crippen LogP contribution in [0.15, 0.2) is 6.20 Å². The number of nitrogens with one attached hydrogen (secondary N) is 2. The molecule has 3 N–H and O–H groups in total. The van der Waals surface area contributed by atoms with E-state index >= 15 is 0 Å². The normalized spacial score (nSPS) is 17.6. The molecule has 1 saturated heterocycles.